The Morgan fingerprint density at radius 3 is 2.94 bits per heavy atom. The highest BCUT2D eigenvalue weighted by atomic mass is 79.9. The van der Waals surface area contributed by atoms with Gasteiger partial charge in [-0.05, 0) is 24.6 Å². The van der Waals surface area contributed by atoms with Crippen LogP contribution < -0.4 is 5.32 Å². The quantitative estimate of drug-likeness (QED) is 0.873. The maximum absolute atomic E-state index is 5.82. The summed E-state index contributed by atoms with van der Waals surface area (Å²) in [4.78, 5) is 0. The molecule has 0 bridgehead atoms. The number of alkyl halides is 1. The van der Waals surface area contributed by atoms with Gasteiger partial charge in [0, 0.05) is 11.0 Å². The van der Waals surface area contributed by atoms with Gasteiger partial charge in [0.2, 0.25) is 5.89 Å². The maximum Gasteiger partial charge on any atom is 0.315 e. The topological polar surface area (TPSA) is 51.0 Å². The highest BCUT2D eigenvalue weighted by Gasteiger charge is 2.10. The van der Waals surface area contributed by atoms with Crippen LogP contribution in [0.25, 0.3) is 0 Å². The molecule has 1 heterocycles. The molecule has 2 rings (SSSR count). The fourth-order valence-corrected chi connectivity index (χ4v) is 1.83. The van der Waals surface area contributed by atoms with Crippen LogP contribution in [0.15, 0.2) is 33.2 Å². The Kier molecular flexibility index (Phi) is 4.02. The molecule has 0 amide bonds. The second-order valence-corrected chi connectivity index (χ2v) is 5.12. The van der Waals surface area contributed by atoms with E-state index in [2.05, 4.69) is 31.4 Å². The van der Waals surface area contributed by atoms with E-state index in [1.807, 2.05) is 24.3 Å². The molecule has 1 aromatic heterocycles. The fourth-order valence-electron chi connectivity index (χ4n) is 1.29. The molecule has 90 valence electrons. The van der Waals surface area contributed by atoms with E-state index in [0.29, 0.717) is 18.5 Å². The van der Waals surface area contributed by atoms with Gasteiger partial charge in [-0.15, -0.1) is 16.7 Å². The van der Waals surface area contributed by atoms with Crippen LogP contribution in [-0.4, -0.2) is 10.2 Å². The van der Waals surface area contributed by atoms with Crippen LogP contribution in [0.1, 0.15) is 23.8 Å². The Hall–Kier alpha value is -1.07. The molecule has 0 saturated heterocycles. The molecule has 1 aromatic carbocycles. The molecule has 0 aliphatic carbocycles. The van der Waals surface area contributed by atoms with Gasteiger partial charge in [0.25, 0.3) is 0 Å². The first-order valence-corrected chi connectivity index (χ1v) is 6.34. The minimum Gasteiger partial charge on any atom is -0.406 e. The SMILES string of the molecule is CC(Cl)c1nnc(NCc2cccc(Br)c2)o1. The fraction of sp³-hybridized carbons (Fsp3) is 0.273. The summed E-state index contributed by atoms with van der Waals surface area (Å²) in [6.07, 6.45) is 0. The van der Waals surface area contributed by atoms with E-state index in [1.165, 1.54) is 0 Å². The van der Waals surface area contributed by atoms with Gasteiger partial charge < -0.3 is 9.73 Å². The second kappa shape index (κ2) is 5.51. The first-order chi connectivity index (χ1) is 8.15. The zero-order chi connectivity index (χ0) is 12.3. The van der Waals surface area contributed by atoms with Gasteiger partial charge in [0.05, 0.1) is 0 Å². The van der Waals surface area contributed by atoms with Crippen molar-refractivity contribution in [3.05, 3.63) is 40.2 Å². The number of hydrogen-bond acceptors (Lipinski definition) is 4. The number of rotatable bonds is 4. The highest BCUT2D eigenvalue weighted by molar-refractivity contribution is 9.10. The minimum absolute atomic E-state index is 0.274. The molecule has 0 aliphatic rings. The first kappa shape index (κ1) is 12.4. The molecule has 0 radical (unpaired) electrons. The Morgan fingerprint density at radius 2 is 2.29 bits per heavy atom. The predicted octanol–water partition coefficient (Wildman–Crippen LogP) is 3.74. The summed E-state index contributed by atoms with van der Waals surface area (Å²) in [6.45, 7) is 2.41. The number of aromatic nitrogens is 2. The van der Waals surface area contributed by atoms with Crippen LogP contribution in [0.4, 0.5) is 6.01 Å². The molecule has 0 fully saturated rings. The lowest BCUT2D eigenvalue weighted by Crippen LogP contribution is -1.99. The van der Waals surface area contributed by atoms with E-state index in [1.54, 1.807) is 6.92 Å². The zero-order valence-corrected chi connectivity index (χ0v) is 11.5. The second-order valence-electron chi connectivity index (χ2n) is 3.54. The first-order valence-electron chi connectivity index (χ1n) is 5.11. The van der Waals surface area contributed by atoms with Crippen molar-refractivity contribution in [2.45, 2.75) is 18.8 Å². The predicted molar refractivity (Wildman–Crippen MR) is 70.0 cm³/mol. The van der Waals surface area contributed by atoms with Gasteiger partial charge in [-0.1, -0.05) is 33.2 Å². The summed E-state index contributed by atoms with van der Waals surface area (Å²) in [5.41, 5.74) is 1.12. The van der Waals surface area contributed by atoms with Crippen molar-refractivity contribution in [3.63, 3.8) is 0 Å². The number of nitrogens with one attached hydrogen (secondary N) is 1. The van der Waals surface area contributed by atoms with Crippen molar-refractivity contribution in [3.8, 4) is 0 Å². The summed E-state index contributed by atoms with van der Waals surface area (Å²) in [5, 5.41) is 10.4. The molecule has 17 heavy (non-hydrogen) atoms. The van der Waals surface area contributed by atoms with Crippen LogP contribution in [-0.2, 0) is 6.54 Å². The molecule has 1 unspecified atom stereocenters. The largest absolute Gasteiger partial charge is 0.406 e. The average Bonchev–Trinajstić information content (AvgIpc) is 2.75. The Bertz CT molecular complexity index is 501. The lowest BCUT2D eigenvalue weighted by atomic mass is 10.2. The van der Waals surface area contributed by atoms with Crippen LogP contribution in [0.3, 0.4) is 0 Å². The van der Waals surface area contributed by atoms with Crippen molar-refractivity contribution in [2.24, 2.45) is 0 Å². The van der Waals surface area contributed by atoms with Crippen LogP contribution >= 0.6 is 27.5 Å². The maximum atomic E-state index is 5.82. The Labute approximate surface area is 113 Å². The molecule has 4 nitrogen and oxygen atoms in total. The third-order valence-electron chi connectivity index (χ3n) is 2.11. The van der Waals surface area contributed by atoms with E-state index in [-0.39, 0.29) is 5.38 Å². The smallest absolute Gasteiger partial charge is 0.315 e. The number of nitrogens with zero attached hydrogens (tertiary/aromatic N) is 2. The number of hydrogen-bond donors (Lipinski definition) is 1. The number of halogens is 2. The molecule has 2 aromatic rings. The summed E-state index contributed by atoms with van der Waals surface area (Å²) in [7, 11) is 0. The highest BCUT2D eigenvalue weighted by Crippen LogP contribution is 2.19. The normalized spacial score (nSPS) is 12.4. The summed E-state index contributed by atoms with van der Waals surface area (Å²) < 4.78 is 6.36. The van der Waals surface area contributed by atoms with Crippen LogP contribution in [0.5, 0.6) is 0 Å². The lowest BCUT2D eigenvalue weighted by Gasteiger charge is -2.02. The van der Waals surface area contributed by atoms with Crippen molar-refractivity contribution in [1.82, 2.24) is 10.2 Å². The summed E-state index contributed by atoms with van der Waals surface area (Å²) >= 11 is 9.24. The van der Waals surface area contributed by atoms with E-state index in [4.69, 9.17) is 16.0 Å². The van der Waals surface area contributed by atoms with Crippen LogP contribution in [0.2, 0.25) is 0 Å². The van der Waals surface area contributed by atoms with E-state index in [9.17, 15) is 0 Å². The van der Waals surface area contributed by atoms with Gasteiger partial charge >= 0.3 is 6.01 Å². The lowest BCUT2D eigenvalue weighted by molar-refractivity contribution is 0.505. The zero-order valence-electron chi connectivity index (χ0n) is 9.15. The molecule has 1 atom stereocenters. The summed E-state index contributed by atoms with van der Waals surface area (Å²) in [5.74, 6) is 0.420. The van der Waals surface area contributed by atoms with Crippen molar-refractivity contribution >= 4 is 33.5 Å². The standard InChI is InChI=1S/C11H11BrClN3O/c1-7(13)10-15-16-11(17-10)14-6-8-3-2-4-9(12)5-8/h2-5,7H,6H2,1H3,(H,14,16). The van der Waals surface area contributed by atoms with E-state index < -0.39 is 0 Å². The molecular weight excluding hydrogens is 305 g/mol. The third-order valence-corrected chi connectivity index (χ3v) is 2.79. The molecule has 0 aliphatic heterocycles. The van der Waals surface area contributed by atoms with Gasteiger partial charge in [0.15, 0.2) is 0 Å². The summed E-state index contributed by atoms with van der Waals surface area (Å²) in [6, 6.07) is 8.37. The minimum atomic E-state index is -0.274. The third kappa shape index (κ3) is 3.44. The van der Waals surface area contributed by atoms with Crippen molar-refractivity contribution < 1.29 is 4.42 Å². The van der Waals surface area contributed by atoms with E-state index in [0.717, 1.165) is 10.0 Å². The van der Waals surface area contributed by atoms with Gasteiger partial charge in [-0.3, -0.25) is 0 Å². The molecule has 1 N–H and O–H groups in total. The van der Waals surface area contributed by atoms with Gasteiger partial charge in [-0.2, -0.15) is 0 Å². The van der Waals surface area contributed by atoms with Gasteiger partial charge in [0.1, 0.15) is 5.38 Å². The van der Waals surface area contributed by atoms with Crippen molar-refractivity contribution in [1.29, 1.82) is 0 Å². The molecule has 6 heteroatoms. The van der Waals surface area contributed by atoms with Gasteiger partial charge in [-0.25, -0.2) is 0 Å². The van der Waals surface area contributed by atoms with Crippen LogP contribution in [0, 0.1) is 0 Å². The molecular formula is C11H11BrClN3O. The number of anilines is 1. The molecule has 0 saturated carbocycles. The Balaban J connectivity index is 1.97. The monoisotopic (exact) mass is 315 g/mol. The Morgan fingerprint density at radius 1 is 1.47 bits per heavy atom. The number of benzene rings is 1. The van der Waals surface area contributed by atoms with Crippen molar-refractivity contribution in [2.75, 3.05) is 5.32 Å². The van der Waals surface area contributed by atoms with E-state index >= 15 is 0 Å². The average molecular weight is 317 g/mol. The molecule has 0 spiro atoms.